The highest BCUT2D eigenvalue weighted by atomic mass is 16.5. The van der Waals surface area contributed by atoms with Crippen molar-refractivity contribution in [2.45, 2.75) is 45.1 Å². The molecule has 0 atom stereocenters. The lowest BCUT2D eigenvalue weighted by molar-refractivity contribution is 0.1000. The minimum atomic E-state index is -0.562. The lowest BCUT2D eigenvalue weighted by Crippen LogP contribution is -2.25. The van der Waals surface area contributed by atoms with Gasteiger partial charge in [-0.05, 0) is 47.4 Å². The summed E-state index contributed by atoms with van der Waals surface area (Å²) in [7, 11) is 1.46. The van der Waals surface area contributed by atoms with Gasteiger partial charge in [0, 0.05) is 12.1 Å². The summed E-state index contributed by atoms with van der Waals surface area (Å²) in [5.74, 6) is 0.566. The van der Waals surface area contributed by atoms with Crippen molar-refractivity contribution in [2.24, 2.45) is 11.7 Å². The van der Waals surface area contributed by atoms with E-state index >= 15 is 0 Å². The predicted molar refractivity (Wildman–Crippen MR) is 91.9 cm³/mol. The van der Waals surface area contributed by atoms with E-state index in [-0.39, 0.29) is 5.69 Å². The van der Waals surface area contributed by atoms with Crippen molar-refractivity contribution >= 4 is 5.91 Å². The Morgan fingerprint density at radius 2 is 2.08 bits per heavy atom. The average Bonchev–Trinajstić information content (AvgIpc) is 3.25. The van der Waals surface area contributed by atoms with Crippen molar-refractivity contribution in [1.29, 1.82) is 0 Å². The molecule has 0 radical (unpaired) electrons. The number of tetrazole rings is 1. The van der Waals surface area contributed by atoms with Gasteiger partial charge in [0.05, 0.1) is 7.11 Å². The Bertz CT molecular complexity index is 805. The highest BCUT2D eigenvalue weighted by molar-refractivity contribution is 5.93. The van der Waals surface area contributed by atoms with Crippen LogP contribution in [-0.4, -0.2) is 32.8 Å². The number of amides is 1. The van der Waals surface area contributed by atoms with Gasteiger partial charge in [-0.3, -0.25) is 4.79 Å². The van der Waals surface area contributed by atoms with Gasteiger partial charge in [-0.25, -0.2) is 4.79 Å². The number of nitrogens with zero attached hydrogens (tertiary/aromatic N) is 4. The number of hydrogen-bond donors (Lipinski definition) is 1. The first-order chi connectivity index (χ1) is 12.1. The quantitative estimate of drug-likeness (QED) is 0.819. The molecule has 2 aromatic rings. The number of primary amides is 1. The maximum Gasteiger partial charge on any atom is 0.368 e. The maximum absolute atomic E-state index is 12.5. The minimum absolute atomic E-state index is 0.303. The van der Waals surface area contributed by atoms with E-state index in [0.717, 1.165) is 18.8 Å². The van der Waals surface area contributed by atoms with E-state index in [0.29, 0.717) is 23.5 Å². The topological polar surface area (TPSA) is 105 Å². The van der Waals surface area contributed by atoms with Crippen molar-refractivity contribution in [3.05, 3.63) is 34.2 Å². The van der Waals surface area contributed by atoms with Gasteiger partial charge in [0.15, 0.2) is 0 Å². The summed E-state index contributed by atoms with van der Waals surface area (Å²) in [6, 6.07) is 4.60. The van der Waals surface area contributed by atoms with E-state index in [1.54, 1.807) is 6.07 Å². The fourth-order valence-electron chi connectivity index (χ4n) is 3.40. The average molecular weight is 345 g/mol. The van der Waals surface area contributed by atoms with Gasteiger partial charge in [0.1, 0.15) is 11.4 Å². The third-order valence-electron chi connectivity index (χ3n) is 4.79. The summed E-state index contributed by atoms with van der Waals surface area (Å²) in [6.07, 6.45) is 7.27. The van der Waals surface area contributed by atoms with Crippen molar-refractivity contribution < 1.29 is 9.53 Å². The van der Waals surface area contributed by atoms with Crippen molar-refractivity contribution in [1.82, 2.24) is 19.8 Å². The van der Waals surface area contributed by atoms with Crippen LogP contribution in [-0.2, 0) is 6.54 Å². The molecule has 0 spiro atoms. The SMILES string of the molecule is COc1cc(C(N)=O)ccc1-n1nnn(CCCC2CCCC2)c1=O. The molecule has 1 aliphatic carbocycles. The highest BCUT2D eigenvalue weighted by Gasteiger charge is 2.17. The standard InChI is InChI=1S/C17H23N5O3/c1-25-15-11-13(16(18)23)8-9-14(15)22-17(24)21(19-20-22)10-4-7-12-5-2-3-6-12/h8-9,11-12H,2-7,10H2,1H3,(H2,18,23). The fourth-order valence-corrected chi connectivity index (χ4v) is 3.40. The molecular weight excluding hydrogens is 322 g/mol. The van der Waals surface area contributed by atoms with Crippen molar-refractivity contribution in [3.8, 4) is 11.4 Å². The van der Waals surface area contributed by atoms with E-state index in [9.17, 15) is 9.59 Å². The van der Waals surface area contributed by atoms with Gasteiger partial charge in [-0.1, -0.05) is 25.7 Å². The van der Waals surface area contributed by atoms with Crippen LogP contribution in [0, 0.1) is 5.92 Å². The van der Waals surface area contributed by atoms with E-state index < -0.39 is 5.91 Å². The van der Waals surface area contributed by atoms with E-state index in [1.165, 1.54) is 54.3 Å². The number of aryl methyl sites for hydroxylation is 1. The summed E-state index contributed by atoms with van der Waals surface area (Å²) in [4.78, 5) is 23.8. The molecule has 0 unspecified atom stereocenters. The molecule has 1 amide bonds. The molecule has 0 aliphatic heterocycles. The van der Waals surface area contributed by atoms with E-state index in [1.807, 2.05) is 0 Å². The Morgan fingerprint density at radius 1 is 1.32 bits per heavy atom. The van der Waals surface area contributed by atoms with Gasteiger partial charge >= 0.3 is 5.69 Å². The Hall–Kier alpha value is -2.64. The smallest absolute Gasteiger partial charge is 0.368 e. The van der Waals surface area contributed by atoms with Crippen LogP contribution in [0.1, 0.15) is 48.9 Å². The second-order valence-corrected chi connectivity index (χ2v) is 6.44. The normalized spacial score (nSPS) is 14.8. The van der Waals surface area contributed by atoms with Crippen LogP contribution in [0.4, 0.5) is 0 Å². The number of benzene rings is 1. The second kappa shape index (κ2) is 7.50. The van der Waals surface area contributed by atoms with Crippen LogP contribution in [0.3, 0.4) is 0 Å². The molecule has 3 rings (SSSR count). The third-order valence-corrected chi connectivity index (χ3v) is 4.79. The largest absolute Gasteiger partial charge is 0.494 e. The zero-order valence-corrected chi connectivity index (χ0v) is 14.4. The summed E-state index contributed by atoms with van der Waals surface area (Å²) < 4.78 is 7.81. The molecule has 1 heterocycles. The van der Waals surface area contributed by atoms with Crippen molar-refractivity contribution in [3.63, 3.8) is 0 Å². The van der Waals surface area contributed by atoms with E-state index in [2.05, 4.69) is 10.4 Å². The van der Waals surface area contributed by atoms with Crippen LogP contribution in [0.5, 0.6) is 5.75 Å². The number of nitrogens with two attached hydrogens (primary N) is 1. The number of rotatable bonds is 7. The summed E-state index contributed by atoms with van der Waals surface area (Å²) >= 11 is 0. The fraction of sp³-hybridized carbons (Fsp3) is 0.529. The first-order valence-electron chi connectivity index (χ1n) is 8.61. The van der Waals surface area contributed by atoms with Crippen LogP contribution in [0.15, 0.2) is 23.0 Å². The van der Waals surface area contributed by atoms with E-state index in [4.69, 9.17) is 10.5 Å². The maximum atomic E-state index is 12.5. The first-order valence-corrected chi connectivity index (χ1v) is 8.61. The molecule has 1 aromatic carbocycles. The van der Waals surface area contributed by atoms with Crippen LogP contribution >= 0.6 is 0 Å². The molecule has 1 aliphatic rings. The zero-order valence-electron chi connectivity index (χ0n) is 14.4. The lowest BCUT2D eigenvalue weighted by Gasteiger charge is -2.08. The van der Waals surface area contributed by atoms with Gasteiger partial charge in [-0.2, -0.15) is 9.36 Å². The number of carbonyl (C=O) groups excluding carboxylic acids is 1. The number of ether oxygens (including phenoxy) is 1. The number of carbonyl (C=O) groups is 1. The molecule has 134 valence electrons. The number of aromatic nitrogens is 4. The van der Waals surface area contributed by atoms with Gasteiger partial charge in [0.25, 0.3) is 0 Å². The highest BCUT2D eigenvalue weighted by Crippen LogP contribution is 2.28. The minimum Gasteiger partial charge on any atom is -0.494 e. The summed E-state index contributed by atoms with van der Waals surface area (Å²) in [6.45, 7) is 0.553. The Balaban J connectivity index is 1.76. The van der Waals surface area contributed by atoms with Gasteiger partial charge in [-0.15, -0.1) is 0 Å². The zero-order chi connectivity index (χ0) is 17.8. The predicted octanol–water partition coefficient (Wildman–Crippen LogP) is 1.51. The molecule has 1 aromatic heterocycles. The molecule has 0 bridgehead atoms. The molecule has 8 nitrogen and oxygen atoms in total. The van der Waals surface area contributed by atoms with Gasteiger partial charge in [0.2, 0.25) is 5.91 Å². The summed E-state index contributed by atoms with van der Waals surface area (Å²) in [5.41, 5.74) is 5.68. The molecule has 1 fully saturated rings. The molecule has 2 N–H and O–H groups in total. The van der Waals surface area contributed by atoms with Crippen LogP contribution < -0.4 is 16.2 Å². The Labute approximate surface area is 145 Å². The second-order valence-electron chi connectivity index (χ2n) is 6.44. The molecule has 25 heavy (non-hydrogen) atoms. The van der Waals surface area contributed by atoms with Crippen LogP contribution in [0.25, 0.3) is 5.69 Å². The first kappa shape index (κ1) is 17.2. The monoisotopic (exact) mass is 345 g/mol. The van der Waals surface area contributed by atoms with Crippen molar-refractivity contribution in [2.75, 3.05) is 7.11 Å². The Kier molecular flexibility index (Phi) is 5.16. The Morgan fingerprint density at radius 3 is 2.76 bits per heavy atom. The molecular formula is C17H23N5O3. The third kappa shape index (κ3) is 3.72. The lowest BCUT2D eigenvalue weighted by atomic mass is 10.0. The van der Waals surface area contributed by atoms with Gasteiger partial charge < -0.3 is 10.5 Å². The number of methoxy groups -OCH3 is 1. The van der Waals surface area contributed by atoms with Crippen LogP contribution in [0.2, 0.25) is 0 Å². The number of hydrogen-bond acceptors (Lipinski definition) is 5. The molecule has 1 saturated carbocycles. The summed E-state index contributed by atoms with van der Waals surface area (Å²) in [5, 5.41) is 7.90. The molecule has 8 heteroatoms. The molecule has 0 saturated heterocycles.